The van der Waals surface area contributed by atoms with E-state index in [2.05, 4.69) is 15.5 Å². The summed E-state index contributed by atoms with van der Waals surface area (Å²) in [6.07, 6.45) is 1.10. The van der Waals surface area contributed by atoms with E-state index in [1.807, 2.05) is 20.8 Å². The number of morpholine rings is 1. The van der Waals surface area contributed by atoms with Crippen molar-refractivity contribution in [2.24, 2.45) is 0 Å². The van der Waals surface area contributed by atoms with Gasteiger partial charge in [0.25, 0.3) is 0 Å². The predicted molar refractivity (Wildman–Crippen MR) is 84.8 cm³/mol. The molecule has 9 nitrogen and oxygen atoms in total. The molecule has 0 spiro atoms. The van der Waals surface area contributed by atoms with E-state index in [-0.39, 0.29) is 17.8 Å². The lowest BCUT2D eigenvalue weighted by molar-refractivity contribution is -0.0317. The van der Waals surface area contributed by atoms with E-state index < -0.39 is 11.6 Å². The fraction of sp³-hybridized carbons (Fsp3) is 0.667. The molecule has 1 fully saturated rings. The van der Waals surface area contributed by atoms with Crippen molar-refractivity contribution in [3.63, 3.8) is 0 Å². The Labute approximate surface area is 140 Å². The Kier molecular flexibility index (Phi) is 5.79. The van der Waals surface area contributed by atoms with E-state index in [1.54, 1.807) is 4.90 Å². The van der Waals surface area contributed by atoms with Gasteiger partial charge in [-0.15, -0.1) is 0 Å². The van der Waals surface area contributed by atoms with Crippen LogP contribution in [0.3, 0.4) is 0 Å². The first kappa shape index (κ1) is 18.2. The summed E-state index contributed by atoms with van der Waals surface area (Å²) in [6.45, 7) is 7.61. The molecule has 134 valence electrons. The Morgan fingerprint density at radius 3 is 2.96 bits per heavy atom. The number of carboxylic acids is 1. The Morgan fingerprint density at radius 1 is 1.54 bits per heavy atom. The van der Waals surface area contributed by atoms with Crippen molar-refractivity contribution in [2.45, 2.75) is 39.0 Å². The molecule has 1 aromatic rings. The normalized spacial score (nSPS) is 18.5. The summed E-state index contributed by atoms with van der Waals surface area (Å²) in [5.41, 5.74) is 0.0648. The molecule has 3 N–H and O–H groups in total. The molecule has 1 saturated heterocycles. The second kappa shape index (κ2) is 7.63. The number of nitrogens with one attached hydrogen (secondary N) is 2. The average Bonchev–Trinajstić information content (AvgIpc) is 2.94. The van der Waals surface area contributed by atoms with Gasteiger partial charge in [-0.3, -0.25) is 10.00 Å². The van der Waals surface area contributed by atoms with Gasteiger partial charge in [-0.2, -0.15) is 5.10 Å². The number of hydrogen-bond donors (Lipinski definition) is 3. The number of amides is 1. The van der Waals surface area contributed by atoms with Crippen LogP contribution in [0.15, 0.2) is 6.20 Å². The van der Waals surface area contributed by atoms with Crippen molar-refractivity contribution in [1.29, 1.82) is 0 Å². The van der Waals surface area contributed by atoms with E-state index in [0.717, 1.165) is 0 Å². The van der Waals surface area contributed by atoms with Crippen molar-refractivity contribution in [3.05, 3.63) is 17.5 Å². The van der Waals surface area contributed by atoms with Crippen molar-refractivity contribution >= 4 is 12.1 Å². The van der Waals surface area contributed by atoms with Gasteiger partial charge in [0, 0.05) is 25.2 Å². The van der Waals surface area contributed by atoms with Crippen LogP contribution in [0.1, 0.15) is 36.8 Å². The number of rotatable bonds is 5. The molecule has 1 atom stereocenters. The zero-order chi connectivity index (χ0) is 17.7. The summed E-state index contributed by atoms with van der Waals surface area (Å²) in [4.78, 5) is 25.0. The van der Waals surface area contributed by atoms with Crippen LogP contribution >= 0.6 is 0 Å². The highest BCUT2D eigenvalue weighted by atomic mass is 16.6. The summed E-state index contributed by atoms with van der Waals surface area (Å²) in [6, 6.07) is -0.172. The van der Waals surface area contributed by atoms with Gasteiger partial charge in [0.2, 0.25) is 0 Å². The first-order chi connectivity index (χ1) is 11.3. The Balaban J connectivity index is 1.90. The number of aromatic amines is 1. The Bertz CT molecular complexity index is 581. The molecule has 0 aromatic carbocycles. The van der Waals surface area contributed by atoms with Crippen molar-refractivity contribution in [1.82, 2.24) is 20.4 Å². The maximum absolute atomic E-state index is 12.3. The van der Waals surface area contributed by atoms with Crippen LogP contribution in [0.25, 0.3) is 0 Å². The van der Waals surface area contributed by atoms with E-state index in [4.69, 9.17) is 14.6 Å². The Hall–Kier alpha value is -2.13. The summed E-state index contributed by atoms with van der Waals surface area (Å²) in [5.74, 6) is -1.05. The molecule has 0 bridgehead atoms. The van der Waals surface area contributed by atoms with Crippen LogP contribution in [0.2, 0.25) is 0 Å². The molecule has 24 heavy (non-hydrogen) atoms. The fourth-order valence-electron chi connectivity index (χ4n) is 2.39. The lowest BCUT2D eigenvalue weighted by atomic mass is 10.2. The van der Waals surface area contributed by atoms with Gasteiger partial charge in [-0.1, -0.05) is 0 Å². The summed E-state index contributed by atoms with van der Waals surface area (Å²) in [5, 5.41) is 18.4. The molecule has 1 aromatic heterocycles. The zero-order valence-corrected chi connectivity index (χ0v) is 14.2. The zero-order valence-electron chi connectivity index (χ0n) is 14.2. The fourth-order valence-corrected chi connectivity index (χ4v) is 2.39. The molecule has 1 aliphatic heterocycles. The van der Waals surface area contributed by atoms with E-state index >= 15 is 0 Å². The van der Waals surface area contributed by atoms with Crippen LogP contribution < -0.4 is 5.32 Å². The average molecular weight is 340 g/mol. The monoisotopic (exact) mass is 340 g/mol. The molecule has 0 radical (unpaired) electrons. The van der Waals surface area contributed by atoms with Crippen LogP contribution in [-0.2, 0) is 16.0 Å². The minimum Gasteiger partial charge on any atom is -0.477 e. The van der Waals surface area contributed by atoms with Gasteiger partial charge in [-0.25, -0.2) is 9.59 Å². The summed E-state index contributed by atoms with van der Waals surface area (Å²) in [7, 11) is 0. The molecule has 2 rings (SSSR count). The number of aromatic carboxylic acids is 1. The molecule has 1 amide bonds. The summed E-state index contributed by atoms with van der Waals surface area (Å²) < 4.78 is 10.9. The first-order valence-electron chi connectivity index (χ1n) is 7.81. The lowest BCUT2D eigenvalue weighted by Gasteiger charge is -2.36. The summed E-state index contributed by atoms with van der Waals surface area (Å²) >= 11 is 0. The number of nitrogens with zero attached hydrogens (tertiary/aromatic N) is 2. The number of carbonyl (C=O) groups excluding carboxylic acids is 1. The SMILES string of the molecule is CC(C)(C)OC(=O)N1CCOCC1CNCc1cn[nH]c1C(=O)O. The quantitative estimate of drug-likeness (QED) is 0.727. The molecule has 0 saturated carbocycles. The second-order valence-corrected chi connectivity index (χ2v) is 6.61. The van der Waals surface area contributed by atoms with Crippen molar-refractivity contribution in [2.75, 3.05) is 26.3 Å². The highest BCUT2D eigenvalue weighted by Gasteiger charge is 2.30. The van der Waals surface area contributed by atoms with E-state index in [1.165, 1.54) is 6.20 Å². The van der Waals surface area contributed by atoms with Crippen LogP contribution in [0.4, 0.5) is 4.79 Å². The third-order valence-electron chi connectivity index (χ3n) is 3.48. The highest BCUT2D eigenvalue weighted by Crippen LogP contribution is 2.14. The molecular formula is C15H24N4O5. The maximum atomic E-state index is 12.3. The standard InChI is InChI=1S/C15H24N4O5/c1-15(2,3)24-14(22)19-4-5-23-9-11(19)8-16-6-10-7-17-18-12(10)13(20)21/h7,11,16H,4-6,8-9H2,1-3H3,(H,17,18)(H,20,21). The topological polar surface area (TPSA) is 117 Å². The third-order valence-corrected chi connectivity index (χ3v) is 3.48. The molecule has 1 unspecified atom stereocenters. The largest absolute Gasteiger partial charge is 0.477 e. The number of H-pyrrole nitrogens is 1. The number of aromatic nitrogens is 2. The number of hydrogen-bond acceptors (Lipinski definition) is 6. The predicted octanol–water partition coefficient (Wildman–Crippen LogP) is 0.833. The molecule has 0 aliphatic carbocycles. The molecule has 1 aliphatic rings. The van der Waals surface area contributed by atoms with Crippen LogP contribution in [0.5, 0.6) is 0 Å². The van der Waals surface area contributed by atoms with E-state index in [9.17, 15) is 9.59 Å². The smallest absolute Gasteiger partial charge is 0.410 e. The number of carbonyl (C=O) groups is 2. The molecular weight excluding hydrogens is 316 g/mol. The van der Waals surface area contributed by atoms with Gasteiger partial charge in [0.05, 0.1) is 25.5 Å². The minimum absolute atomic E-state index is 0.0615. The van der Waals surface area contributed by atoms with Gasteiger partial charge in [-0.05, 0) is 20.8 Å². The van der Waals surface area contributed by atoms with Crippen molar-refractivity contribution < 1.29 is 24.2 Å². The van der Waals surface area contributed by atoms with E-state index in [0.29, 0.717) is 38.4 Å². The molecule has 2 heterocycles. The van der Waals surface area contributed by atoms with Crippen molar-refractivity contribution in [3.8, 4) is 0 Å². The van der Waals surface area contributed by atoms with Gasteiger partial charge < -0.3 is 19.9 Å². The van der Waals surface area contributed by atoms with Crippen LogP contribution in [-0.4, -0.2) is 70.2 Å². The lowest BCUT2D eigenvalue weighted by Crippen LogP contribution is -2.54. The minimum atomic E-state index is -1.05. The number of carboxylic acid groups (broad SMARTS) is 1. The second-order valence-electron chi connectivity index (χ2n) is 6.61. The first-order valence-corrected chi connectivity index (χ1v) is 7.81. The Morgan fingerprint density at radius 2 is 2.29 bits per heavy atom. The maximum Gasteiger partial charge on any atom is 0.410 e. The number of ether oxygens (including phenoxy) is 2. The van der Waals surface area contributed by atoms with Gasteiger partial charge in [0.1, 0.15) is 11.3 Å². The van der Waals surface area contributed by atoms with Gasteiger partial charge >= 0.3 is 12.1 Å². The third kappa shape index (κ3) is 4.93. The molecule has 9 heteroatoms. The van der Waals surface area contributed by atoms with Crippen LogP contribution in [0, 0.1) is 0 Å². The highest BCUT2D eigenvalue weighted by molar-refractivity contribution is 5.86. The van der Waals surface area contributed by atoms with Gasteiger partial charge in [0.15, 0.2) is 0 Å².